The molecule has 0 spiro atoms. The van der Waals surface area contributed by atoms with Gasteiger partial charge in [-0.25, -0.2) is 0 Å². The summed E-state index contributed by atoms with van der Waals surface area (Å²) in [6.45, 7) is 2.04. The highest BCUT2D eigenvalue weighted by molar-refractivity contribution is 7.08. The minimum Gasteiger partial charge on any atom is -0.384 e. The fraction of sp³-hybridized carbons (Fsp3) is 0.688. The molecule has 0 saturated heterocycles. The fourth-order valence-electron chi connectivity index (χ4n) is 2.85. The number of hydrogen-bond acceptors (Lipinski definition) is 3. The molecule has 0 radical (unpaired) electrons. The van der Waals surface area contributed by atoms with Crippen molar-refractivity contribution in [2.24, 2.45) is 5.92 Å². The highest BCUT2D eigenvalue weighted by atomic mass is 32.1. The average Bonchev–Trinajstić information content (AvgIpc) is 2.85. The number of nitrogens with one attached hydrogen (secondary N) is 1. The molecule has 2 N–H and O–H groups in total. The topological polar surface area (TPSA) is 49.3 Å². The molecule has 1 unspecified atom stereocenters. The molecule has 4 heteroatoms. The normalized spacial score (nSPS) is 20.1. The third-order valence-electron chi connectivity index (χ3n) is 4.22. The van der Waals surface area contributed by atoms with Gasteiger partial charge >= 0.3 is 0 Å². The lowest BCUT2D eigenvalue weighted by Crippen LogP contribution is -2.38. The van der Waals surface area contributed by atoms with Crippen LogP contribution in [-0.2, 0) is 10.4 Å². The smallest absolute Gasteiger partial charge is 0.220 e. The SMILES string of the molecule is CC(O)(CNC(=O)CC1CCCCCC1)c1ccsc1. The summed E-state index contributed by atoms with van der Waals surface area (Å²) in [5.74, 6) is 0.607. The molecule has 20 heavy (non-hydrogen) atoms. The van der Waals surface area contributed by atoms with Crippen molar-refractivity contribution in [2.75, 3.05) is 6.54 Å². The largest absolute Gasteiger partial charge is 0.384 e. The Morgan fingerprint density at radius 2 is 2.10 bits per heavy atom. The van der Waals surface area contributed by atoms with E-state index in [1.165, 1.54) is 38.5 Å². The molecule has 1 aromatic rings. The summed E-state index contributed by atoms with van der Waals surface area (Å²) >= 11 is 1.56. The van der Waals surface area contributed by atoms with Gasteiger partial charge in [0.05, 0.1) is 6.54 Å². The van der Waals surface area contributed by atoms with Gasteiger partial charge < -0.3 is 10.4 Å². The van der Waals surface area contributed by atoms with E-state index in [9.17, 15) is 9.90 Å². The van der Waals surface area contributed by atoms with E-state index < -0.39 is 5.60 Å². The maximum atomic E-state index is 12.0. The number of amides is 1. The van der Waals surface area contributed by atoms with Crippen LogP contribution < -0.4 is 5.32 Å². The highest BCUT2D eigenvalue weighted by Gasteiger charge is 2.25. The zero-order valence-electron chi connectivity index (χ0n) is 12.2. The molecule has 0 bridgehead atoms. The minimum atomic E-state index is -0.973. The van der Waals surface area contributed by atoms with Crippen molar-refractivity contribution in [3.63, 3.8) is 0 Å². The highest BCUT2D eigenvalue weighted by Crippen LogP contribution is 2.26. The monoisotopic (exact) mass is 295 g/mol. The van der Waals surface area contributed by atoms with E-state index in [4.69, 9.17) is 0 Å². The minimum absolute atomic E-state index is 0.0763. The molecule has 2 rings (SSSR count). The van der Waals surface area contributed by atoms with Crippen molar-refractivity contribution in [2.45, 2.75) is 57.5 Å². The van der Waals surface area contributed by atoms with Crippen molar-refractivity contribution in [3.8, 4) is 0 Å². The quantitative estimate of drug-likeness (QED) is 0.818. The van der Waals surface area contributed by atoms with Crippen LogP contribution in [-0.4, -0.2) is 17.6 Å². The van der Waals surface area contributed by atoms with E-state index in [1.807, 2.05) is 16.8 Å². The number of thiophene rings is 1. The van der Waals surface area contributed by atoms with Crippen molar-refractivity contribution in [3.05, 3.63) is 22.4 Å². The molecule has 0 aromatic carbocycles. The van der Waals surface area contributed by atoms with Gasteiger partial charge in [-0.3, -0.25) is 4.79 Å². The molecular weight excluding hydrogens is 270 g/mol. The van der Waals surface area contributed by atoms with Gasteiger partial charge in [0.25, 0.3) is 0 Å². The van der Waals surface area contributed by atoms with Gasteiger partial charge in [-0.1, -0.05) is 25.7 Å². The molecule has 1 fully saturated rings. The van der Waals surface area contributed by atoms with Crippen LogP contribution in [0, 0.1) is 5.92 Å². The predicted molar refractivity (Wildman–Crippen MR) is 82.7 cm³/mol. The molecule has 1 heterocycles. The van der Waals surface area contributed by atoms with E-state index in [-0.39, 0.29) is 12.5 Å². The number of rotatable bonds is 5. The van der Waals surface area contributed by atoms with Gasteiger partial charge in [0.1, 0.15) is 5.60 Å². The van der Waals surface area contributed by atoms with E-state index in [0.29, 0.717) is 12.3 Å². The molecule has 1 amide bonds. The summed E-state index contributed by atoms with van der Waals surface area (Å²) in [4.78, 5) is 12.0. The zero-order chi connectivity index (χ0) is 14.4. The van der Waals surface area contributed by atoms with Gasteiger partial charge in [-0.05, 0) is 48.1 Å². The maximum absolute atomic E-state index is 12.0. The second-order valence-corrected chi connectivity index (χ2v) is 6.90. The lowest BCUT2D eigenvalue weighted by Gasteiger charge is -2.23. The standard InChI is InChI=1S/C16H25NO2S/c1-16(19,14-8-9-20-11-14)12-17-15(18)10-13-6-4-2-3-5-7-13/h8-9,11,13,19H,2-7,10,12H2,1H3,(H,17,18). The van der Waals surface area contributed by atoms with E-state index >= 15 is 0 Å². The maximum Gasteiger partial charge on any atom is 0.220 e. The van der Waals surface area contributed by atoms with E-state index in [2.05, 4.69) is 5.32 Å². The van der Waals surface area contributed by atoms with Crippen LogP contribution in [0.5, 0.6) is 0 Å². The molecule has 0 aliphatic heterocycles. The zero-order valence-corrected chi connectivity index (χ0v) is 13.0. The second-order valence-electron chi connectivity index (χ2n) is 6.12. The third kappa shape index (κ3) is 4.60. The summed E-state index contributed by atoms with van der Waals surface area (Å²) in [5, 5.41) is 17.1. The molecule has 1 aliphatic carbocycles. The van der Waals surface area contributed by atoms with Gasteiger partial charge in [-0.15, -0.1) is 0 Å². The Hall–Kier alpha value is -0.870. The summed E-state index contributed by atoms with van der Waals surface area (Å²) in [6.07, 6.45) is 8.09. The number of carbonyl (C=O) groups is 1. The van der Waals surface area contributed by atoms with Crippen LogP contribution in [0.1, 0.15) is 57.4 Å². The Morgan fingerprint density at radius 1 is 1.40 bits per heavy atom. The van der Waals surface area contributed by atoms with Gasteiger partial charge in [0.2, 0.25) is 5.91 Å². The van der Waals surface area contributed by atoms with Crippen LogP contribution in [0.2, 0.25) is 0 Å². The van der Waals surface area contributed by atoms with Crippen LogP contribution in [0.4, 0.5) is 0 Å². The van der Waals surface area contributed by atoms with E-state index in [0.717, 1.165) is 5.56 Å². The summed E-state index contributed by atoms with van der Waals surface area (Å²) in [6, 6.07) is 1.90. The number of hydrogen-bond donors (Lipinski definition) is 2. The van der Waals surface area contributed by atoms with Crippen molar-refractivity contribution >= 4 is 17.2 Å². The van der Waals surface area contributed by atoms with E-state index in [1.54, 1.807) is 18.3 Å². The molecule has 1 atom stereocenters. The Balaban J connectivity index is 1.77. The lowest BCUT2D eigenvalue weighted by molar-refractivity contribution is -0.123. The summed E-state index contributed by atoms with van der Waals surface area (Å²) in [5.41, 5.74) is -0.101. The first-order valence-electron chi connectivity index (χ1n) is 7.60. The lowest BCUT2D eigenvalue weighted by atomic mass is 9.95. The number of aliphatic hydroxyl groups is 1. The van der Waals surface area contributed by atoms with Crippen LogP contribution in [0.15, 0.2) is 16.8 Å². The Kier molecular flexibility index (Phi) is 5.61. The first-order valence-corrected chi connectivity index (χ1v) is 8.54. The Labute approximate surface area is 125 Å². The Bertz CT molecular complexity index is 406. The fourth-order valence-corrected chi connectivity index (χ4v) is 3.63. The summed E-state index contributed by atoms with van der Waals surface area (Å²) in [7, 11) is 0. The van der Waals surface area contributed by atoms with Crippen LogP contribution in [0.3, 0.4) is 0 Å². The van der Waals surface area contributed by atoms with Crippen LogP contribution in [0.25, 0.3) is 0 Å². The predicted octanol–water partition coefficient (Wildman–Crippen LogP) is 3.43. The molecule has 1 aromatic heterocycles. The number of carbonyl (C=O) groups excluding carboxylic acids is 1. The van der Waals surface area contributed by atoms with Crippen molar-refractivity contribution < 1.29 is 9.90 Å². The molecule has 3 nitrogen and oxygen atoms in total. The average molecular weight is 295 g/mol. The van der Waals surface area contributed by atoms with Crippen molar-refractivity contribution in [1.29, 1.82) is 0 Å². The molecular formula is C16H25NO2S. The first kappa shape index (κ1) is 15.5. The first-order chi connectivity index (χ1) is 9.58. The molecule has 1 aliphatic rings. The van der Waals surface area contributed by atoms with Gasteiger partial charge in [0, 0.05) is 6.42 Å². The molecule has 1 saturated carbocycles. The second kappa shape index (κ2) is 7.23. The van der Waals surface area contributed by atoms with Crippen LogP contribution >= 0.6 is 11.3 Å². The van der Waals surface area contributed by atoms with Gasteiger partial charge in [0.15, 0.2) is 0 Å². The van der Waals surface area contributed by atoms with Crippen molar-refractivity contribution in [1.82, 2.24) is 5.32 Å². The Morgan fingerprint density at radius 3 is 2.70 bits per heavy atom. The molecule has 112 valence electrons. The third-order valence-corrected chi connectivity index (χ3v) is 4.90. The summed E-state index contributed by atoms with van der Waals surface area (Å²) < 4.78 is 0. The van der Waals surface area contributed by atoms with Gasteiger partial charge in [-0.2, -0.15) is 11.3 Å².